The van der Waals surface area contributed by atoms with Crippen LogP contribution in [0.5, 0.6) is 0 Å². The Balaban J connectivity index is 0.000000281. The number of hydrogen-bond acceptors (Lipinski definition) is 4. The van der Waals surface area contributed by atoms with E-state index in [4.69, 9.17) is 16.1 Å². The third-order valence-corrected chi connectivity index (χ3v) is 1.78. The lowest BCUT2D eigenvalue weighted by molar-refractivity contribution is -0.139. The second-order valence-electron chi connectivity index (χ2n) is 3.43. The van der Waals surface area contributed by atoms with Crippen LogP contribution in [0.3, 0.4) is 0 Å². The van der Waals surface area contributed by atoms with Gasteiger partial charge in [0.1, 0.15) is 17.8 Å². The van der Waals surface area contributed by atoms with Gasteiger partial charge in [-0.3, -0.25) is 4.79 Å². The van der Waals surface area contributed by atoms with Crippen molar-refractivity contribution in [2.24, 2.45) is 11.7 Å². The molecule has 0 aliphatic carbocycles. The van der Waals surface area contributed by atoms with Crippen LogP contribution >= 0.6 is 0 Å². The third-order valence-electron chi connectivity index (χ3n) is 1.78. The van der Waals surface area contributed by atoms with Crippen molar-refractivity contribution in [3.8, 4) is 6.07 Å². The molecule has 0 fully saturated rings. The van der Waals surface area contributed by atoms with Gasteiger partial charge in [0.2, 0.25) is 0 Å². The second kappa shape index (κ2) is 7.37. The summed E-state index contributed by atoms with van der Waals surface area (Å²) in [6, 6.07) is 6.43. The standard InChI is InChI=1S/C6H4N2.C5H11NO2/c7-5-6-3-1-2-4-8-6;1-3(2)4(6)5(7)8/h1-4H;3-4H,6H2,1-2H3,(H,7,8)/t;4-/m.0/s1. The predicted molar refractivity (Wildman–Crippen MR) is 59.4 cm³/mol. The molecule has 16 heavy (non-hydrogen) atoms. The highest BCUT2D eigenvalue weighted by Gasteiger charge is 2.14. The number of aliphatic carboxylic acids is 1. The van der Waals surface area contributed by atoms with E-state index in [-0.39, 0.29) is 5.92 Å². The highest BCUT2D eigenvalue weighted by Crippen LogP contribution is 1.96. The van der Waals surface area contributed by atoms with E-state index in [0.29, 0.717) is 5.69 Å². The molecule has 0 aromatic carbocycles. The molecule has 0 spiro atoms. The summed E-state index contributed by atoms with van der Waals surface area (Å²) in [5, 5.41) is 16.5. The fourth-order valence-electron chi connectivity index (χ4n) is 0.714. The Kier molecular flexibility index (Phi) is 6.48. The summed E-state index contributed by atoms with van der Waals surface area (Å²) in [5.41, 5.74) is 5.62. The zero-order valence-electron chi connectivity index (χ0n) is 9.29. The Morgan fingerprint density at radius 1 is 1.56 bits per heavy atom. The molecular formula is C11H15N3O2. The van der Waals surface area contributed by atoms with E-state index in [9.17, 15) is 4.79 Å². The van der Waals surface area contributed by atoms with Gasteiger partial charge in [0.05, 0.1) is 0 Å². The summed E-state index contributed by atoms with van der Waals surface area (Å²) in [6.45, 7) is 3.55. The molecule has 0 saturated heterocycles. The van der Waals surface area contributed by atoms with Crippen molar-refractivity contribution in [1.29, 1.82) is 5.26 Å². The van der Waals surface area contributed by atoms with E-state index in [0.717, 1.165) is 0 Å². The first-order chi connectivity index (χ1) is 7.49. The number of hydrogen-bond donors (Lipinski definition) is 2. The van der Waals surface area contributed by atoms with Gasteiger partial charge in [0.25, 0.3) is 0 Å². The van der Waals surface area contributed by atoms with Crippen LogP contribution in [-0.2, 0) is 4.79 Å². The maximum atomic E-state index is 10.0. The highest BCUT2D eigenvalue weighted by molar-refractivity contribution is 5.73. The molecule has 0 bridgehead atoms. The molecule has 0 radical (unpaired) electrons. The lowest BCUT2D eigenvalue weighted by atomic mass is 10.1. The molecule has 0 aliphatic heterocycles. The Labute approximate surface area is 94.5 Å². The summed E-state index contributed by atoms with van der Waals surface area (Å²) in [6.07, 6.45) is 1.60. The van der Waals surface area contributed by atoms with Gasteiger partial charge in [-0.1, -0.05) is 19.9 Å². The van der Waals surface area contributed by atoms with E-state index in [1.54, 1.807) is 38.2 Å². The van der Waals surface area contributed by atoms with E-state index in [1.807, 2.05) is 6.07 Å². The molecule has 0 saturated carbocycles. The molecule has 1 aromatic heterocycles. The molecule has 0 aliphatic rings. The number of carboxylic acids is 1. The van der Waals surface area contributed by atoms with E-state index < -0.39 is 12.0 Å². The number of carbonyl (C=O) groups is 1. The minimum atomic E-state index is -0.931. The lowest BCUT2D eigenvalue weighted by Crippen LogP contribution is -2.34. The van der Waals surface area contributed by atoms with Crippen LogP contribution in [-0.4, -0.2) is 22.1 Å². The SMILES string of the molecule is CC(C)[C@H](N)C(=O)O.N#Cc1ccccn1. The summed E-state index contributed by atoms with van der Waals surface area (Å²) >= 11 is 0. The van der Waals surface area contributed by atoms with Crippen LogP contribution in [0.25, 0.3) is 0 Å². The van der Waals surface area contributed by atoms with Gasteiger partial charge >= 0.3 is 5.97 Å². The van der Waals surface area contributed by atoms with Crippen molar-refractivity contribution in [2.75, 3.05) is 0 Å². The average Bonchev–Trinajstić information content (AvgIpc) is 2.29. The van der Waals surface area contributed by atoms with Crippen molar-refractivity contribution in [3.63, 3.8) is 0 Å². The van der Waals surface area contributed by atoms with Gasteiger partial charge in [0, 0.05) is 6.20 Å². The minimum Gasteiger partial charge on any atom is -0.480 e. The van der Waals surface area contributed by atoms with Gasteiger partial charge in [-0.2, -0.15) is 5.26 Å². The number of rotatable bonds is 2. The third kappa shape index (κ3) is 5.73. The minimum absolute atomic E-state index is 0.0208. The molecule has 1 atom stereocenters. The molecule has 5 heteroatoms. The fourth-order valence-corrected chi connectivity index (χ4v) is 0.714. The lowest BCUT2D eigenvalue weighted by Gasteiger charge is -2.07. The van der Waals surface area contributed by atoms with Crippen molar-refractivity contribution >= 4 is 5.97 Å². The number of carboxylic acid groups (broad SMARTS) is 1. The molecule has 3 N–H and O–H groups in total. The normalized spacial score (nSPS) is 10.9. The molecular weight excluding hydrogens is 206 g/mol. The predicted octanol–water partition coefficient (Wildman–Crippen LogP) is 1.01. The van der Waals surface area contributed by atoms with Gasteiger partial charge in [-0.15, -0.1) is 0 Å². The van der Waals surface area contributed by atoms with E-state index in [1.165, 1.54) is 0 Å². The Morgan fingerprint density at radius 3 is 2.38 bits per heavy atom. The van der Waals surface area contributed by atoms with E-state index >= 15 is 0 Å². The van der Waals surface area contributed by atoms with Crippen molar-refractivity contribution in [1.82, 2.24) is 4.98 Å². The van der Waals surface area contributed by atoms with Crippen molar-refractivity contribution in [2.45, 2.75) is 19.9 Å². The van der Waals surface area contributed by atoms with Gasteiger partial charge in [-0.25, -0.2) is 4.98 Å². The van der Waals surface area contributed by atoms with Crippen molar-refractivity contribution < 1.29 is 9.90 Å². The smallest absolute Gasteiger partial charge is 0.320 e. The maximum absolute atomic E-state index is 10.0. The van der Waals surface area contributed by atoms with Gasteiger partial charge in [-0.05, 0) is 18.1 Å². The number of pyridine rings is 1. The Bertz CT molecular complexity index is 357. The number of nitriles is 1. The van der Waals surface area contributed by atoms with Crippen LogP contribution in [0.1, 0.15) is 19.5 Å². The first-order valence-electron chi connectivity index (χ1n) is 4.78. The molecule has 1 heterocycles. The zero-order chi connectivity index (χ0) is 12.6. The Morgan fingerprint density at radius 2 is 2.19 bits per heavy atom. The molecule has 0 amide bonds. The summed E-state index contributed by atoms with van der Waals surface area (Å²) < 4.78 is 0. The number of aromatic nitrogens is 1. The summed E-state index contributed by atoms with van der Waals surface area (Å²) in [5.74, 6) is -0.910. The quantitative estimate of drug-likeness (QED) is 0.776. The van der Waals surface area contributed by atoms with Gasteiger partial charge in [0.15, 0.2) is 0 Å². The van der Waals surface area contributed by atoms with Crippen LogP contribution in [0.2, 0.25) is 0 Å². The first kappa shape index (κ1) is 14.1. The monoisotopic (exact) mass is 221 g/mol. The Hall–Kier alpha value is -1.93. The molecule has 5 nitrogen and oxygen atoms in total. The largest absolute Gasteiger partial charge is 0.480 e. The van der Waals surface area contributed by atoms with Gasteiger partial charge < -0.3 is 10.8 Å². The second-order valence-corrected chi connectivity index (χ2v) is 3.43. The van der Waals surface area contributed by atoms with Crippen LogP contribution in [0.4, 0.5) is 0 Å². The topological polar surface area (TPSA) is 100 Å². The molecule has 86 valence electrons. The summed E-state index contributed by atoms with van der Waals surface area (Å²) in [4.78, 5) is 13.8. The van der Waals surface area contributed by atoms with Crippen molar-refractivity contribution in [3.05, 3.63) is 30.1 Å². The first-order valence-corrected chi connectivity index (χ1v) is 4.78. The molecule has 1 rings (SSSR count). The highest BCUT2D eigenvalue weighted by atomic mass is 16.4. The molecule has 1 aromatic rings. The number of nitrogens with zero attached hydrogens (tertiary/aromatic N) is 2. The molecule has 0 unspecified atom stereocenters. The van der Waals surface area contributed by atoms with E-state index in [2.05, 4.69) is 4.98 Å². The average molecular weight is 221 g/mol. The summed E-state index contributed by atoms with van der Waals surface area (Å²) in [7, 11) is 0. The number of nitrogens with two attached hydrogens (primary N) is 1. The fraction of sp³-hybridized carbons (Fsp3) is 0.364. The maximum Gasteiger partial charge on any atom is 0.320 e. The van der Waals surface area contributed by atoms with Crippen LogP contribution < -0.4 is 5.73 Å². The zero-order valence-corrected chi connectivity index (χ0v) is 9.29. The van der Waals surface area contributed by atoms with Crippen LogP contribution in [0.15, 0.2) is 24.4 Å². The van der Waals surface area contributed by atoms with Crippen LogP contribution in [0, 0.1) is 17.2 Å².